The zero-order chi connectivity index (χ0) is 15.3. The minimum Gasteiger partial charge on any atom is -0.481 e. The molecule has 0 aromatic heterocycles. The number of amides is 2. The zero-order valence-corrected chi connectivity index (χ0v) is 12.1. The summed E-state index contributed by atoms with van der Waals surface area (Å²) in [6, 6.07) is 2.90. The van der Waals surface area contributed by atoms with E-state index < -0.39 is 30.4 Å². The van der Waals surface area contributed by atoms with Crippen molar-refractivity contribution >= 4 is 39.6 Å². The van der Waals surface area contributed by atoms with Crippen LogP contribution >= 0.6 is 15.9 Å². The van der Waals surface area contributed by atoms with Gasteiger partial charge in [0.25, 0.3) is 0 Å². The number of anilines is 1. The summed E-state index contributed by atoms with van der Waals surface area (Å²) >= 11 is 3.27. The molecule has 0 bridgehead atoms. The van der Waals surface area contributed by atoms with Gasteiger partial charge in [-0.05, 0) is 30.7 Å². The number of rotatable bonds is 5. The highest BCUT2D eigenvalue weighted by atomic mass is 79.9. The number of carboxylic acid groups (broad SMARTS) is 2. The molecule has 0 heterocycles. The van der Waals surface area contributed by atoms with Crippen LogP contribution in [0.5, 0.6) is 0 Å². The number of carboxylic acids is 2. The minimum atomic E-state index is -1.49. The van der Waals surface area contributed by atoms with Crippen molar-refractivity contribution in [1.82, 2.24) is 5.32 Å². The lowest BCUT2D eigenvalue weighted by Gasteiger charge is -2.13. The molecule has 0 unspecified atom stereocenters. The highest BCUT2D eigenvalue weighted by Gasteiger charge is 2.22. The summed E-state index contributed by atoms with van der Waals surface area (Å²) in [5.41, 5.74) is 1.36. The van der Waals surface area contributed by atoms with Gasteiger partial charge in [0, 0.05) is 10.2 Å². The van der Waals surface area contributed by atoms with Crippen molar-refractivity contribution in [3.05, 3.63) is 28.2 Å². The molecule has 20 heavy (non-hydrogen) atoms. The number of benzene rings is 1. The van der Waals surface area contributed by atoms with Gasteiger partial charge in [0.15, 0.2) is 0 Å². The van der Waals surface area contributed by atoms with Crippen molar-refractivity contribution in [2.45, 2.75) is 19.4 Å². The molecule has 1 atom stereocenters. The van der Waals surface area contributed by atoms with Crippen LogP contribution in [0.3, 0.4) is 0 Å². The fraction of sp³-hybridized carbons (Fsp3) is 0.250. The maximum absolute atomic E-state index is 11.6. The second-order valence-electron chi connectivity index (χ2n) is 4.10. The van der Waals surface area contributed by atoms with Crippen molar-refractivity contribution in [2.75, 3.05) is 5.32 Å². The molecule has 0 saturated carbocycles. The Balaban J connectivity index is 2.70. The fourth-order valence-electron chi connectivity index (χ4n) is 1.51. The van der Waals surface area contributed by atoms with E-state index in [9.17, 15) is 14.4 Å². The zero-order valence-electron chi connectivity index (χ0n) is 10.5. The number of hydrogen-bond acceptors (Lipinski definition) is 3. The molecular formula is C12H13BrN2O5. The molecule has 4 N–H and O–H groups in total. The average molecular weight is 345 g/mol. The predicted octanol–water partition coefficient (Wildman–Crippen LogP) is 1.81. The predicted molar refractivity (Wildman–Crippen MR) is 74.7 cm³/mol. The van der Waals surface area contributed by atoms with Crippen LogP contribution in [0.1, 0.15) is 12.0 Å². The van der Waals surface area contributed by atoms with E-state index in [0.29, 0.717) is 5.69 Å². The molecule has 7 nitrogen and oxygen atoms in total. The van der Waals surface area contributed by atoms with E-state index in [1.54, 1.807) is 12.1 Å². The van der Waals surface area contributed by atoms with Crippen molar-refractivity contribution in [3.8, 4) is 0 Å². The van der Waals surface area contributed by atoms with Gasteiger partial charge < -0.3 is 20.8 Å². The van der Waals surface area contributed by atoms with E-state index in [0.717, 1.165) is 10.0 Å². The Morgan fingerprint density at radius 1 is 1.25 bits per heavy atom. The maximum atomic E-state index is 11.6. The molecule has 0 spiro atoms. The summed E-state index contributed by atoms with van der Waals surface area (Å²) in [5, 5.41) is 21.9. The normalized spacial score (nSPS) is 11.5. The van der Waals surface area contributed by atoms with E-state index in [1.807, 2.05) is 13.0 Å². The van der Waals surface area contributed by atoms with E-state index >= 15 is 0 Å². The number of carbonyl (C=O) groups excluding carboxylic acids is 1. The molecule has 2 amide bonds. The highest BCUT2D eigenvalue weighted by molar-refractivity contribution is 9.10. The summed E-state index contributed by atoms with van der Waals surface area (Å²) in [4.78, 5) is 33.0. The Kier molecular flexibility index (Phi) is 5.51. The summed E-state index contributed by atoms with van der Waals surface area (Å²) in [6.45, 7) is 1.83. The lowest BCUT2D eigenvalue weighted by molar-refractivity contribution is -0.145. The largest absolute Gasteiger partial charge is 0.481 e. The molecule has 1 rings (SSSR count). The Morgan fingerprint density at radius 2 is 1.90 bits per heavy atom. The van der Waals surface area contributed by atoms with Crippen LogP contribution in [0.25, 0.3) is 0 Å². The molecule has 8 heteroatoms. The van der Waals surface area contributed by atoms with Crippen LogP contribution < -0.4 is 10.6 Å². The van der Waals surface area contributed by atoms with Gasteiger partial charge in [-0.2, -0.15) is 0 Å². The molecule has 0 aliphatic heterocycles. The summed E-state index contributed by atoms with van der Waals surface area (Å²) < 4.78 is 0.758. The number of nitrogens with one attached hydrogen (secondary N) is 2. The van der Waals surface area contributed by atoms with Crippen LogP contribution in [-0.2, 0) is 9.59 Å². The number of aryl methyl sites for hydroxylation is 1. The van der Waals surface area contributed by atoms with Gasteiger partial charge in [-0.25, -0.2) is 9.59 Å². The van der Waals surface area contributed by atoms with Gasteiger partial charge in [-0.1, -0.05) is 15.9 Å². The van der Waals surface area contributed by atoms with Gasteiger partial charge in [0.2, 0.25) is 0 Å². The first-order valence-corrected chi connectivity index (χ1v) is 6.36. The van der Waals surface area contributed by atoms with Crippen LogP contribution in [0.2, 0.25) is 0 Å². The second-order valence-corrected chi connectivity index (χ2v) is 5.02. The number of carbonyl (C=O) groups is 3. The average Bonchev–Trinajstić information content (AvgIpc) is 2.25. The van der Waals surface area contributed by atoms with Gasteiger partial charge in [-0.3, -0.25) is 4.79 Å². The number of halogens is 1. The first-order chi connectivity index (χ1) is 9.27. The van der Waals surface area contributed by atoms with E-state index in [2.05, 4.69) is 26.6 Å². The smallest absolute Gasteiger partial charge is 0.326 e. The molecule has 0 aliphatic rings. The van der Waals surface area contributed by atoms with Crippen LogP contribution in [0.15, 0.2) is 22.7 Å². The second kappa shape index (κ2) is 6.90. The Bertz CT molecular complexity index is 526. The van der Waals surface area contributed by atoms with E-state index in [1.165, 1.54) is 0 Å². The molecular weight excluding hydrogens is 332 g/mol. The Hall–Kier alpha value is -2.09. The minimum absolute atomic E-state index is 0.467. The first-order valence-electron chi connectivity index (χ1n) is 5.57. The molecule has 0 fully saturated rings. The standard InChI is InChI=1S/C12H13BrN2O5/c1-6-2-7(13)4-8(3-6)14-12(20)15-9(11(18)19)5-10(16)17/h2-4,9H,5H2,1H3,(H,16,17)(H,18,19)(H2,14,15,20)/t9-/m1/s1. The lowest BCUT2D eigenvalue weighted by atomic mass is 10.2. The Labute approximate surface area is 123 Å². The third kappa shape index (κ3) is 5.27. The fourth-order valence-corrected chi connectivity index (χ4v) is 2.12. The van der Waals surface area contributed by atoms with Crippen molar-refractivity contribution in [1.29, 1.82) is 0 Å². The maximum Gasteiger partial charge on any atom is 0.326 e. The van der Waals surface area contributed by atoms with Gasteiger partial charge in [0.05, 0.1) is 6.42 Å². The SMILES string of the molecule is Cc1cc(Br)cc(NC(=O)N[C@H](CC(=O)O)C(=O)O)c1. The molecule has 0 radical (unpaired) electrons. The number of urea groups is 1. The van der Waals surface area contributed by atoms with Crippen molar-refractivity contribution in [2.24, 2.45) is 0 Å². The topological polar surface area (TPSA) is 116 Å². The van der Waals surface area contributed by atoms with Crippen molar-refractivity contribution < 1.29 is 24.6 Å². The van der Waals surface area contributed by atoms with Crippen LogP contribution in [0.4, 0.5) is 10.5 Å². The monoisotopic (exact) mass is 344 g/mol. The number of hydrogen-bond donors (Lipinski definition) is 4. The van der Waals surface area contributed by atoms with Gasteiger partial charge >= 0.3 is 18.0 Å². The molecule has 0 saturated heterocycles. The van der Waals surface area contributed by atoms with Gasteiger partial charge in [-0.15, -0.1) is 0 Å². The third-order valence-electron chi connectivity index (χ3n) is 2.28. The first kappa shape index (κ1) is 16.0. The summed E-state index contributed by atoms with van der Waals surface area (Å²) in [6.07, 6.45) is -0.694. The highest BCUT2D eigenvalue weighted by Crippen LogP contribution is 2.18. The van der Waals surface area contributed by atoms with Crippen molar-refractivity contribution in [3.63, 3.8) is 0 Å². The number of aliphatic carboxylic acids is 2. The summed E-state index contributed by atoms with van der Waals surface area (Å²) in [5.74, 6) is -2.72. The third-order valence-corrected chi connectivity index (χ3v) is 2.74. The molecule has 1 aromatic carbocycles. The Morgan fingerprint density at radius 3 is 2.40 bits per heavy atom. The van der Waals surface area contributed by atoms with Crippen LogP contribution in [0, 0.1) is 6.92 Å². The summed E-state index contributed by atoms with van der Waals surface area (Å²) in [7, 11) is 0. The van der Waals surface area contributed by atoms with E-state index in [4.69, 9.17) is 10.2 Å². The lowest BCUT2D eigenvalue weighted by Crippen LogP contribution is -2.44. The quantitative estimate of drug-likeness (QED) is 0.650. The molecule has 108 valence electrons. The molecule has 0 aliphatic carbocycles. The van der Waals surface area contributed by atoms with E-state index in [-0.39, 0.29) is 0 Å². The van der Waals surface area contributed by atoms with Gasteiger partial charge in [0.1, 0.15) is 6.04 Å². The molecule has 1 aromatic rings. The van der Waals surface area contributed by atoms with Crippen LogP contribution in [-0.4, -0.2) is 34.2 Å².